The van der Waals surface area contributed by atoms with Crippen LogP contribution in [0.15, 0.2) is 36.7 Å². The van der Waals surface area contributed by atoms with Gasteiger partial charge >= 0.3 is 0 Å². The zero-order chi connectivity index (χ0) is 9.54. The van der Waals surface area contributed by atoms with Gasteiger partial charge in [-0.05, 0) is 24.4 Å². The van der Waals surface area contributed by atoms with Crippen molar-refractivity contribution in [3.63, 3.8) is 0 Å². The molecule has 0 saturated heterocycles. The fourth-order valence-corrected chi connectivity index (χ4v) is 1.84. The van der Waals surface area contributed by atoms with E-state index in [9.17, 15) is 0 Å². The number of fused-ring (bicyclic) bond motifs is 3. The Morgan fingerprint density at radius 2 is 2.00 bits per heavy atom. The number of nitrogens with zero attached hydrogens (tertiary/aromatic N) is 1. The van der Waals surface area contributed by atoms with Gasteiger partial charge in [0.25, 0.3) is 0 Å². The molecule has 3 aromatic rings. The molecule has 1 N–H and O–H groups in total. The van der Waals surface area contributed by atoms with Gasteiger partial charge in [0.2, 0.25) is 0 Å². The Hall–Kier alpha value is -1.83. The second-order valence-corrected chi connectivity index (χ2v) is 3.59. The Kier molecular flexibility index (Phi) is 1.39. The van der Waals surface area contributed by atoms with Crippen molar-refractivity contribution < 1.29 is 0 Å². The summed E-state index contributed by atoms with van der Waals surface area (Å²) in [4.78, 5) is 7.45. The lowest BCUT2D eigenvalue weighted by Gasteiger charge is -1.99. The highest BCUT2D eigenvalue weighted by atomic mass is 14.9. The fourth-order valence-electron chi connectivity index (χ4n) is 1.84. The highest BCUT2D eigenvalue weighted by Gasteiger charge is 2.01. The van der Waals surface area contributed by atoms with Crippen LogP contribution in [0.3, 0.4) is 0 Å². The second-order valence-electron chi connectivity index (χ2n) is 3.59. The number of H-pyrrole nitrogens is 1. The molecule has 0 amide bonds. The van der Waals surface area contributed by atoms with Crippen LogP contribution in [0.25, 0.3) is 21.8 Å². The third-order valence-corrected chi connectivity index (χ3v) is 2.56. The van der Waals surface area contributed by atoms with Crippen LogP contribution >= 0.6 is 0 Å². The Labute approximate surface area is 81.6 Å². The van der Waals surface area contributed by atoms with Crippen molar-refractivity contribution in [1.29, 1.82) is 0 Å². The average Bonchev–Trinajstić information content (AvgIpc) is 2.65. The third kappa shape index (κ3) is 0.940. The molecule has 0 saturated carbocycles. The molecule has 14 heavy (non-hydrogen) atoms. The van der Waals surface area contributed by atoms with Crippen molar-refractivity contribution >= 4 is 21.8 Å². The molecule has 3 rings (SSSR count). The van der Waals surface area contributed by atoms with Gasteiger partial charge in [-0.1, -0.05) is 23.8 Å². The summed E-state index contributed by atoms with van der Waals surface area (Å²) < 4.78 is 0. The first-order valence-electron chi connectivity index (χ1n) is 4.67. The topological polar surface area (TPSA) is 28.7 Å². The van der Waals surface area contributed by atoms with E-state index in [2.05, 4.69) is 47.2 Å². The quantitative estimate of drug-likeness (QED) is 0.568. The molecule has 68 valence electrons. The van der Waals surface area contributed by atoms with Crippen molar-refractivity contribution in [1.82, 2.24) is 9.97 Å². The van der Waals surface area contributed by atoms with E-state index in [0.717, 1.165) is 11.0 Å². The predicted octanol–water partition coefficient (Wildman–Crippen LogP) is 3.02. The minimum atomic E-state index is 1.06. The van der Waals surface area contributed by atoms with Gasteiger partial charge in [-0.2, -0.15) is 0 Å². The second kappa shape index (κ2) is 2.58. The predicted molar refractivity (Wildman–Crippen MR) is 58.3 cm³/mol. The molecule has 0 aliphatic carbocycles. The average molecular weight is 182 g/mol. The number of benzene rings is 2. The van der Waals surface area contributed by atoms with E-state index >= 15 is 0 Å². The molecule has 0 atom stereocenters. The van der Waals surface area contributed by atoms with E-state index in [4.69, 9.17) is 0 Å². The van der Waals surface area contributed by atoms with Gasteiger partial charge < -0.3 is 4.98 Å². The van der Waals surface area contributed by atoms with Crippen LogP contribution in [0.1, 0.15) is 5.56 Å². The Morgan fingerprint density at radius 1 is 1.14 bits per heavy atom. The number of hydrogen-bond acceptors (Lipinski definition) is 1. The molecule has 0 unspecified atom stereocenters. The summed E-state index contributed by atoms with van der Waals surface area (Å²) in [6.07, 6.45) is 1.74. The molecular formula is C12H10N2. The van der Waals surface area contributed by atoms with Crippen LogP contribution in [0.2, 0.25) is 0 Å². The molecular weight excluding hydrogens is 172 g/mol. The van der Waals surface area contributed by atoms with Crippen molar-refractivity contribution in [3.8, 4) is 0 Å². The highest BCUT2D eigenvalue weighted by Crippen LogP contribution is 2.23. The number of aryl methyl sites for hydroxylation is 1. The number of nitrogens with one attached hydrogen (secondary N) is 1. The molecule has 0 fully saturated rings. The molecule has 1 heterocycles. The lowest BCUT2D eigenvalue weighted by Crippen LogP contribution is -1.77. The van der Waals surface area contributed by atoms with Crippen LogP contribution in [-0.2, 0) is 0 Å². The van der Waals surface area contributed by atoms with Crippen molar-refractivity contribution in [2.75, 3.05) is 0 Å². The summed E-state index contributed by atoms with van der Waals surface area (Å²) in [5, 5.41) is 2.47. The van der Waals surface area contributed by atoms with Crippen molar-refractivity contribution in [2.45, 2.75) is 6.92 Å². The molecule has 2 heteroatoms. The van der Waals surface area contributed by atoms with Gasteiger partial charge in [0, 0.05) is 5.39 Å². The van der Waals surface area contributed by atoms with Crippen LogP contribution in [0, 0.1) is 6.92 Å². The molecule has 1 aromatic heterocycles. The van der Waals surface area contributed by atoms with Crippen LogP contribution in [0.4, 0.5) is 0 Å². The Balaban J connectivity index is 2.60. The van der Waals surface area contributed by atoms with Gasteiger partial charge in [-0.15, -0.1) is 0 Å². The zero-order valence-corrected chi connectivity index (χ0v) is 7.91. The van der Waals surface area contributed by atoms with Crippen LogP contribution in [-0.4, -0.2) is 9.97 Å². The van der Waals surface area contributed by atoms with E-state index in [1.165, 1.54) is 16.3 Å². The molecule has 0 bridgehead atoms. The Bertz CT molecular complexity index is 608. The third-order valence-electron chi connectivity index (χ3n) is 2.56. The summed E-state index contributed by atoms with van der Waals surface area (Å²) in [5.74, 6) is 0. The first-order chi connectivity index (χ1) is 6.84. The standard InChI is InChI=1S/C12H10N2/c1-8-2-3-9-4-5-11-12(10(9)6-8)14-7-13-11/h2-7H,1H3,(H,13,14). The number of hydrogen-bond donors (Lipinski definition) is 1. The fraction of sp³-hybridized carbons (Fsp3) is 0.0833. The number of imidazole rings is 1. The van der Waals surface area contributed by atoms with E-state index in [0.29, 0.717) is 0 Å². The summed E-state index contributed by atoms with van der Waals surface area (Å²) in [7, 11) is 0. The zero-order valence-electron chi connectivity index (χ0n) is 7.91. The van der Waals surface area contributed by atoms with Crippen molar-refractivity contribution in [3.05, 3.63) is 42.2 Å². The lowest BCUT2D eigenvalue weighted by molar-refractivity contribution is 1.35. The molecule has 0 radical (unpaired) electrons. The van der Waals surface area contributed by atoms with Gasteiger partial charge in [0.05, 0.1) is 17.4 Å². The summed E-state index contributed by atoms with van der Waals surface area (Å²) >= 11 is 0. The SMILES string of the molecule is Cc1ccc2ccc3[nH]cnc3c2c1. The van der Waals surface area contributed by atoms with Gasteiger partial charge in [-0.3, -0.25) is 0 Å². The monoisotopic (exact) mass is 182 g/mol. The lowest BCUT2D eigenvalue weighted by atomic mass is 10.1. The molecule has 0 spiro atoms. The van der Waals surface area contributed by atoms with Crippen LogP contribution < -0.4 is 0 Å². The number of aromatic nitrogens is 2. The number of aromatic amines is 1. The van der Waals surface area contributed by atoms with Crippen LogP contribution in [0.5, 0.6) is 0 Å². The maximum Gasteiger partial charge on any atom is 0.0960 e. The molecule has 2 nitrogen and oxygen atoms in total. The Morgan fingerprint density at radius 3 is 2.93 bits per heavy atom. The molecule has 0 aliphatic heterocycles. The van der Waals surface area contributed by atoms with E-state index in [1.807, 2.05) is 0 Å². The summed E-state index contributed by atoms with van der Waals surface area (Å²) in [6.45, 7) is 2.10. The molecule has 2 aromatic carbocycles. The first kappa shape index (κ1) is 7.56. The first-order valence-corrected chi connectivity index (χ1v) is 4.67. The molecule has 0 aliphatic rings. The van der Waals surface area contributed by atoms with E-state index < -0.39 is 0 Å². The van der Waals surface area contributed by atoms with Crippen molar-refractivity contribution in [2.24, 2.45) is 0 Å². The summed E-state index contributed by atoms with van der Waals surface area (Å²) in [6, 6.07) is 10.6. The van der Waals surface area contributed by atoms with Gasteiger partial charge in [0.15, 0.2) is 0 Å². The van der Waals surface area contributed by atoms with Gasteiger partial charge in [0.1, 0.15) is 0 Å². The van der Waals surface area contributed by atoms with E-state index in [-0.39, 0.29) is 0 Å². The maximum absolute atomic E-state index is 4.33. The minimum absolute atomic E-state index is 1.06. The normalized spacial score (nSPS) is 11.2. The van der Waals surface area contributed by atoms with E-state index in [1.54, 1.807) is 6.33 Å². The largest absolute Gasteiger partial charge is 0.345 e. The van der Waals surface area contributed by atoms with Gasteiger partial charge in [-0.25, -0.2) is 4.98 Å². The minimum Gasteiger partial charge on any atom is -0.345 e. The summed E-state index contributed by atoms with van der Waals surface area (Å²) in [5.41, 5.74) is 3.43. The number of rotatable bonds is 0. The highest BCUT2D eigenvalue weighted by molar-refractivity contribution is 6.04. The smallest absolute Gasteiger partial charge is 0.0960 e. The maximum atomic E-state index is 4.33.